The number of rotatable bonds is 6. The second-order valence-corrected chi connectivity index (χ2v) is 6.25. The van der Waals surface area contributed by atoms with Gasteiger partial charge in [0.1, 0.15) is 5.75 Å². The van der Waals surface area contributed by atoms with Crippen LogP contribution >= 0.6 is 0 Å². The Bertz CT molecular complexity index is 557. The molecule has 0 saturated heterocycles. The van der Waals surface area contributed by atoms with Gasteiger partial charge in [-0.05, 0) is 44.9 Å². The predicted molar refractivity (Wildman–Crippen MR) is 90.4 cm³/mol. The van der Waals surface area contributed by atoms with E-state index in [0.29, 0.717) is 0 Å². The highest BCUT2D eigenvalue weighted by Gasteiger charge is 2.20. The first kappa shape index (κ1) is 17.3. The van der Waals surface area contributed by atoms with Gasteiger partial charge in [0.15, 0.2) is 0 Å². The molecule has 5 nitrogen and oxygen atoms in total. The third-order valence-electron chi connectivity index (χ3n) is 3.80. The van der Waals surface area contributed by atoms with E-state index in [9.17, 15) is 4.79 Å². The molecule has 1 aliphatic rings. The van der Waals surface area contributed by atoms with Crippen LogP contribution in [0.5, 0.6) is 5.75 Å². The third-order valence-corrected chi connectivity index (χ3v) is 3.80. The maximum absolute atomic E-state index is 12.1. The van der Waals surface area contributed by atoms with Crippen LogP contribution in [-0.2, 0) is 0 Å². The first-order valence-electron chi connectivity index (χ1n) is 8.10. The Hall–Kier alpha value is -2.01. The molecule has 5 heteroatoms. The fourth-order valence-corrected chi connectivity index (χ4v) is 2.64. The molecule has 0 saturated carbocycles. The Labute approximate surface area is 137 Å². The number of aliphatic hydroxyl groups is 1. The standard InChI is InChI=1S/C18H26N2O3/c1-12(2)23-17-6-4-5-15(10-17)13(3)19-18(22)20-16-8-7-14(9-16)11-21/h4-8,10,12-14,16,21H,9,11H2,1-3H3,(H2,19,20,22)/t13?,14-,16+/m0/s1. The van der Waals surface area contributed by atoms with Crippen LogP contribution in [0.15, 0.2) is 36.4 Å². The van der Waals surface area contributed by atoms with Crippen molar-refractivity contribution >= 4 is 6.03 Å². The van der Waals surface area contributed by atoms with E-state index < -0.39 is 0 Å². The topological polar surface area (TPSA) is 70.6 Å². The van der Waals surface area contributed by atoms with E-state index in [1.165, 1.54) is 0 Å². The van der Waals surface area contributed by atoms with Gasteiger partial charge in [-0.1, -0.05) is 24.3 Å². The molecule has 23 heavy (non-hydrogen) atoms. The Morgan fingerprint density at radius 3 is 2.78 bits per heavy atom. The monoisotopic (exact) mass is 318 g/mol. The average molecular weight is 318 g/mol. The van der Waals surface area contributed by atoms with Gasteiger partial charge >= 0.3 is 6.03 Å². The van der Waals surface area contributed by atoms with Crippen LogP contribution in [0.1, 0.15) is 38.8 Å². The van der Waals surface area contributed by atoms with Gasteiger partial charge in [-0.15, -0.1) is 0 Å². The second-order valence-electron chi connectivity index (χ2n) is 6.25. The molecule has 0 fully saturated rings. The van der Waals surface area contributed by atoms with E-state index in [1.807, 2.05) is 57.2 Å². The number of ether oxygens (including phenoxy) is 1. The zero-order chi connectivity index (χ0) is 16.8. The van der Waals surface area contributed by atoms with Crippen LogP contribution in [-0.4, -0.2) is 29.9 Å². The number of hydrogen-bond acceptors (Lipinski definition) is 3. The molecule has 0 spiro atoms. The molecule has 0 radical (unpaired) electrons. The molecule has 0 bridgehead atoms. The summed E-state index contributed by atoms with van der Waals surface area (Å²) in [5.41, 5.74) is 0.994. The van der Waals surface area contributed by atoms with Crippen LogP contribution in [0.4, 0.5) is 4.79 Å². The Kier molecular flexibility index (Phi) is 6.04. The summed E-state index contributed by atoms with van der Waals surface area (Å²) < 4.78 is 5.68. The number of benzene rings is 1. The van der Waals surface area contributed by atoms with Crippen LogP contribution in [0, 0.1) is 5.92 Å². The highest BCUT2D eigenvalue weighted by Crippen LogP contribution is 2.20. The van der Waals surface area contributed by atoms with Crippen LogP contribution < -0.4 is 15.4 Å². The van der Waals surface area contributed by atoms with E-state index in [4.69, 9.17) is 9.84 Å². The third kappa shape index (κ3) is 5.28. The molecular weight excluding hydrogens is 292 g/mol. The van der Waals surface area contributed by atoms with Crippen molar-refractivity contribution in [3.05, 3.63) is 42.0 Å². The van der Waals surface area contributed by atoms with Crippen LogP contribution in [0.3, 0.4) is 0 Å². The summed E-state index contributed by atoms with van der Waals surface area (Å²) in [4.78, 5) is 12.1. The fraction of sp³-hybridized carbons (Fsp3) is 0.500. The number of carbonyl (C=O) groups is 1. The van der Waals surface area contributed by atoms with E-state index in [0.717, 1.165) is 17.7 Å². The summed E-state index contributed by atoms with van der Waals surface area (Å²) in [5, 5.41) is 15.0. The Balaban J connectivity index is 1.87. The van der Waals surface area contributed by atoms with Gasteiger partial charge in [0, 0.05) is 18.6 Å². The molecule has 1 aromatic carbocycles. The number of amides is 2. The summed E-state index contributed by atoms with van der Waals surface area (Å²) in [6.45, 7) is 6.03. The number of carbonyl (C=O) groups excluding carboxylic acids is 1. The van der Waals surface area contributed by atoms with Gasteiger partial charge in [-0.3, -0.25) is 0 Å². The minimum absolute atomic E-state index is 0.0186. The van der Waals surface area contributed by atoms with Crippen LogP contribution in [0.2, 0.25) is 0 Å². The maximum Gasteiger partial charge on any atom is 0.315 e. The number of hydrogen-bond donors (Lipinski definition) is 3. The highest BCUT2D eigenvalue weighted by atomic mass is 16.5. The minimum Gasteiger partial charge on any atom is -0.491 e. The Morgan fingerprint density at radius 2 is 2.13 bits per heavy atom. The normalized spacial score (nSPS) is 21.3. The average Bonchev–Trinajstić information content (AvgIpc) is 2.94. The molecule has 126 valence electrons. The second kappa shape index (κ2) is 8.02. The van der Waals surface area contributed by atoms with Crippen molar-refractivity contribution in [2.24, 2.45) is 5.92 Å². The first-order chi connectivity index (χ1) is 11.0. The van der Waals surface area contributed by atoms with Crippen molar-refractivity contribution in [2.75, 3.05) is 6.61 Å². The molecule has 3 N–H and O–H groups in total. The molecule has 1 unspecified atom stereocenters. The van der Waals surface area contributed by atoms with Crippen molar-refractivity contribution in [1.82, 2.24) is 10.6 Å². The van der Waals surface area contributed by atoms with Crippen molar-refractivity contribution in [3.8, 4) is 5.75 Å². The number of aliphatic hydroxyl groups excluding tert-OH is 1. The molecule has 2 rings (SSSR count). The maximum atomic E-state index is 12.1. The van der Waals surface area contributed by atoms with Crippen molar-refractivity contribution in [3.63, 3.8) is 0 Å². The fourth-order valence-electron chi connectivity index (χ4n) is 2.64. The number of nitrogens with one attached hydrogen (secondary N) is 2. The quantitative estimate of drug-likeness (QED) is 0.706. The van der Waals surface area contributed by atoms with Crippen molar-refractivity contribution in [1.29, 1.82) is 0 Å². The molecule has 3 atom stereocenters. The zero-order valence-electron chi connectivity index (χ0n) is 14.0. The van der Waals surface area contributed by atoms with Gasteiger partial charge in [-0.2, -0.15) is 0 Å². The van der Waals surface area contributed by atoms with E-state index in [1.54, 1.807) is 0 Å². The van der Waals surface area contributed by atoms with Crippen LogP contribution in [0.25, 0.3) is 0 Å². The lowest BCUT2D eigenvalue weighted by Crippen LogP contribution is -2.41. The molecular formula is C18H26N2O3. The molecule has 2 amide bonds. The minimum atomic E-state index is -0.207. The SMILES string of the molecule is CC(C)Oc1cccc(C(C)NC(=O)N[C@@H]2C=C[C@H](CO)C2)c1. The molecule has 0 aliphatic heterocycles. The van der Waals surface area contributed by atoms with Gasteiger partial charge in [0.05, 0.1) is 12.1 Å². The predicted octanol–water partition coefficient (Wildman–Crippen LogP) is 2.77. The number of urea groups is 1. The molecule has 0 aromatic heterocycles. The van der Waals surface area contributed by atoms with Gasteiger partial charge in [0.25, 0.3) is 0 Å². The molecule has 1 aliphatic carbocycles. The summed E-state index contributed by atoms with van der Waals surface area (Å²) in [5.74, 6) is 0.943. The Morgan fingerprint density at radius 1 is 1.35 bits per heavy atom. The summed E-state index contributed by atoms with van der Waals surface area (Å²) >= 11 is 0. The van der Waals surface area contributed by atoms with Crippen molar-refractivity contribution < 1.29 is 14.6 Å². The lowest BCUT2D eigenvalue weighted by molar-refractivity contribution is 0.229. The first-order valence-corrected chi connectivity index (χ1v) is 8.10. The largest absolute Gasteiger partial charge is 0.491 e. The van der Waals surface area contributed by atoms with Gasteiger partial charge < -0.3 is 20.5 Å². The highest BCUT2D eigenvalue weighted by molar-refractivity contribution is 5.75. The molecule has 0 heterocycles. The lowest BCUT2D eigenvalue weighted by Gasteiger charge is -2.19. The summed E-state index contributed by atoms with van der Waals surface area (Å²) in [6, 6.07) is 7.40. The lowest BCUT2D eigenvalue weighted by atomic mass is 10.1. The molecule has 1 aromatic rings. The van der Waals surface area contributed by atoms with E-state index in [2.05, 4.69) is 10.6 Å². The smallest absolute Gasteiger partial charge is 0.315 e. The van der Waals surface area contributed by atoms with Gasteiger partial charge in [-0.25, -0.2) is 4.79 Å². The zero-order valence-corrected chi connectivity index (χ0v) is 14.0. The van der Waals surface area contributed by atoms with E-state index >= 15 is 0 Å². The van der Waals surface area contributed by atoms with Gasteiger partial charge in [0.2, 0.25) is 0 Å². The van der Waals surface area contributed by atoms with E-state index in [-0.39, 0.29) is 36.7 Å². The van der Waals surface area contributed by atoms with Crippen molar-refractivity contribution in [2.45, 2.75) is 45.4 Å². The summed E-state index contributed by atoms with van der Waals surface area (Å²) in [6.07, 6.45) is 4.74. The summed E-state index contributed by atoms with van der Waals surface area (Å²) in [7, 11) is 0.